The van der Waals surface area contributed by atoms with Gasteiger partial charge in [-0.1, -0.05) is 6.07 Å². The molecule has 1 spiro atoms. The van der Waals surface area contributed by atoms with Crippen LogP contribution in [0, 0.1) is 22.7 Å². The summed E-state index contributed by atoms with van der Waals surface area (Å²) in [6, 6.07) is 12.6. The van der Waals surface area contributed by atoms with Crippen LogP contribution >= 0.6 is 0 Å². The number of amides is 1. The number of nitrogens with zero attached hydrogens (tertiary/aromatic N) is 3. The molecule has 0 radical (unpaired) electrons. The van der Waals surface area contributed by atoms with E-state index in [1.54, 1.807) is 50.6 Å². The van der Waals surface area contributed by atoms with Gasteiger partial charge in [-0.05, 0) is 54.7 Å². The fraction of sp³-hybridized carbons (Fsp3) is 0.462. The van der Waals surface area contributed by atoms with Gasteiger partial charge in [-0.15, -0.1) is 0 Å². The lowest BCUT2D eigenvalue weighted by Gasteiger charge is -2.43. The fourth-order valence-corrected chi connectivity index (χ4v) is 5.40. The van der Waals surface area contributed by atoms with Gasteiger partial charge in [0.25, 0.3) is 5.91 Å². The zero-order chi connectivity index (χ0) is 25.2. The Morgan fingerprint density at radius 2 is 1.91 bits per heavy atom. The number of ether oxygens (including phenoxy) is 2. The van der Waals surface area contributed by atoms with Gasteiger partial charge in [-0.2, -0.15) is 18.4 Å². The van der Waals surface area contributed by atoms with Crippen molar-refractivity contribution in [2.45, 2.75) is 19.0 Å². The van der Waals surface area contributed by atoms with Crippen LogP contribution in [0.5, 0.6) is 5.75 Å². The number of halogens is 3. The summed E-state index contributed by atoms with van der Waals surface area (Å²) in [6.07, 6.45) is -3.14. The van der Waals surface area contributed by atoms with E-state index >= 15 is 0 Å². The Bertz CT molecular complexity index is 1120. The van der Waals surface area contributed by atoms with E-state index in [-0.39, 0.29) is 22.8 Å². The number of carbonyl (C=O) groups is 1. The molecule has 0 saturated carbocycles. The van der Waals surface area contributed by atoms with Crippen LogP contribution in [0.3, 0.4) is 0 Å². The van der Waals surface area contributed by atoms with Gasteiger partial charge in [0.2, 0.25) is 0 Å². The summed E-state index contributed by atoms with van der Waals surface area (Å²) in [6.45, 7) is 2.78. The highest BCUT2D eigenvalue weighted by Crippen LogP contribution is 2.46. The third-order valence-electron chi connectivity index (χ3n) is 7.34. The molecule has 0 N–H and O–H groups in total. The van der Waals surface area contributed by atoms with Crippen molar-refractivity contribution in [3.63, 3.8) is 0 Å². The second-order valence-corrected chi connectivity index (χ2v) is 9.26. The standard InChI is InChI=1S/C26H28F3N3O3/c1-34-16-20-15-32(24(33)18-4-3-5-22(12-18)35-2)17-25(20)8-10-31(11-9-25)21-7-6-19(14-30)23(13-21)26(27,28)29/h3-7,12-13,20H,8-11,15-17H2,1-2H3. The minimum atomic E-state index is -4.59. The molecular weight excluding hydrogens is 459 g/mol. The van der Waals surface area contributed by atoms with Crippen molar-refractivity contribution in [1.29, 1.82) is 5.26 Å². The van der Waals surface area contributed by atoms with E-state index in [1.807, 2.05) is 9.80 Å². The van der Waals surface area contributed by atoms with Gasteiger partial charge < -0.3 is 19.3 Å². The smallest absolute Gasteiger partial charge is 0.417 e. The normalized spacial score (nSPS) is 19.6. The van der Waals surface area contributed by atoms with Gasteiger partial charge in [-0.3, -0.25) is 4.79 Å². The van der Waals surface area contributed by atoms with E-state index in [1.165, 1.54) is 6.07 Å². The molecule has 0 bridgehead atoms. The number of alkyl halides is 3. The van der Waals surface area contributed by atoms with Crippen LogP contribution in [0.15, 0.2) is 42.5 Å². The van der Waals surface area contributed by atoms with Gasteiger partial charge in [0.05, 0.1) is 30.9 Å². The molecule has 2 aromatic rings. The van der Waals surface area contributed by atoms with E-state index in [4.69, 9.17) is 14.7 Å². The van der Waals surface area contributed by atoms with E-state index in [2.05, 4.69) is 0 Å². The van der Waals surface area contributed by atoms with Crippen molar-refractivity contribution in [3.05, 3.63) is 59.2 Å². The number of hydrogen-bond donors (Lipinski definition) is 0. The molecule has 2 fully saturated rings. The van der Waals surface area contributed by atoms with Gasteiger partial charge >= 0.3 is 6.18 Å². The molecule has 1 atom stereocenters. The predicted octanol–water partition coefficient (Wildman–Crippen LogP) is 4.59. The van der Waals surface area contributed by atoms with Crippen molar-refractivity contribution < 1.29 is 27.4 Å². The minimum Gasteiger partial charge on any atom is -0.497 e. The topological polar surface area (TPSA) is 65.8 Å². The lowest BCUT2D eigenvalue weighted by Crippen LogP contribution is -2.45. The molecule has 2 aliphatic rings. The monoisotopic (exact) mass is 487 g/mol. The highest BCUT2D eigenvalue weighted by molar-refractivity contribution is 5.94. The number of likely N-dealkylation sites (tertiary alicyclic amines) is 1. The Morgan fingerprint density at radius 1 is 1.17 bits per heavy atom. The van der Waals surface area contributed by atoms with E-state index in [9.17, 15) is 18.0 Å². The molecule has 4 rings (SSSR count). The van der Waals surface area contributed by atoms with Gasteiger partial charge in [0.1, 0.15) is 5.75 Å². The first-order chi connectivity index (χ1) is 16.7. The maximum absolute atomic E-state index is 13.4. The fourth-order valence-electron chi connectivity index (χ4n) is 5.40. The Balaban J connectivity index is 1.51. The largest absolute Gasteiger partial charge is 0.497 e. The van der Waals surface area contributed by atoms with Crippen molar-refractivity contribution in [2.24, 2.45) is 11.3 Å². The van der Waals surface area contributed by atoms with Crippen molar-refractivity contribution in [2.75, 3.05) is 51.9 Å². The van der Waals surface area contributed by atoms with Crippen LogP contribution in [0.2, 0.25) is 0 Å². The van der Waals surface area contributed by atoms with Crippen LogP contribution in [0.1, 0.15) is 34.3 Å². The first kappa shape index (κ1) is 24.9. The van der Waals surface area contributed by atoms with Gasteiger partial charge in [-0.25, -0.2) is 0 Å². The number of carbonyl (C=O) groups excluding carboxylic acids is 1. The third kappa shape index (κ3) is 4.94. The number of nitriles is 1. The molecule has 1 unspecified atom stereocenters. The zero-order valence-electron chi connectivity index (χ0n) is 19.8. The molecule has 1 amide bonds. The first-order valence-corrected chi connectivity index (χ1v) is 11.5. The molecule has 186 valence electrons. The second kappa shape index (κ2) is 9.78. The number of hydrogen-bond acceptors (Lipinski definition) is 5. The van der Waals surface area contributed by atoms with Crippen LogP contribution in [-0.2, 0) is 10.9 Å². The average molecular weight is 488 g/mol. The molecule has 2 saturated heterocycles. The summed E-state index contributed by atoms with van der Waals surface area (Å²) in [5.41, 5.74) is -0.437. The number of rotatable bonds is 5. The maximum Gasteiger partial charge on any atom is 0.417 e. The van der Waals surface area contributed by atoms with Gasteiger partial charge in [0, 0.05) is 50.5 Å². The SMILES string of the molecule is COCC1CN(C(=O)c2cccc(OC)c2)CC12CCN(c1ccc(C#N)c(C(F)(F)F)c1)CC2. The van der Waals surface area contributed by atoms with E-state index in [0.29, 0.717) is 49.8 Å². The molecule has 0 aromatic heterocycles. The maximum atomic E-state index is 13.4. The van der Waals surface area contributed by atoms with Crippen LogP contribution in [-0.4, -0.2) is 57.8 Å². The third-order valence-corrected chi connectivity index (χ3v) is 7.34. The summed E-state index contributed by atoms with van der Waals surface area (Å²) in [5, 5.41) is 9.07. The highest BCUT2D eigenvalue weighted by atomic mass is 19.4. The second-order valence-electron chi connectivity index (χ2n) is 9.26. The molecule has 35 heavy (non-hydrogen) atoms. The number of anilines is 1. The first-order valence-electron chi connectivity index (χ1n) is 11.5. The van der Waals surface area contributed by atoms with Crippen molar-refractivity contribution >= 4 is 11.6 Å². The average Bonchev–Trinajstić information content (AvgIpc) is 3.20. The molecule has 6 nitrogen and oxygen atoms in total. The Labute approximate surface area is 202 Å². The molecular formula is C26H28F3N3O3. The summed E-state index contributed by atoms with van der Waals surface area (Å²) in [5.74, 6) is 0.689. The molecule has 2 heterocycles. The summed E-state index contributed by atoms with van der Waals surface area (Å²) in [7, 11) is 3.20. The predicted molar refractivity (Wildman–Crippen MR) is 124 cm³/mol. The summed E-state index contributed by atoms with van der Waals surface area (Å²) >= 11 is 0. The summed E-state index contributed by atoms with van der Waals surface area (Å²) < 4.78 is 51.0. The Morgan fingerprint density at radius 3 is 2.54 bits per heavy atom. The quantitative estimate of drug-likeness (QED) is 0.617. The Hall–Kier alpha value is -3.25. The van der Waals surface area contributed by atoms with E-state index in [0.717, 1.165) is 18.9 Å². The van der Waals surface area contributed by atoms with Crippen molar-refractivity contribution in [1.82, 2.24) is 4.90 Å². The van der Waals surface area contributed by atoms with Gasteiger partial charge in [0.15, 0.2) is 0 Å². The van der Waals surface area contributed by atoms with Crippen LogP contribution < -0.4 is 9.64 Å². The van der Waals surface area contributed by atoms with Crippen LogP contribution in [0.4, 0.5) is 18.9 Å². The molecule has 2 aliphatic heterocycles. The lowest BCUT2D eigenvalue weighted by atomic mass is 9.71. The number of benzene rings is 2. The number of piperidine rings is 1. The van der Waals surface area contributed by atoms with Crippen molar-refractivity contribution in [3.8, 4) is 11.8 Å². The molecule has 9 heteroatoms. The zero-order valence-corrected chi connectivity index (χ0v) is 19.8. The van der Waals surface area contributed by atoms with E-state index < -0.39 is 11.7 Å². The summed E-state index contributed by atoms with van der Waals surface area (Å²) in [4.78, 5) is 17.0. The minimum absolute atomic E-state index is 0.0637. The molecule has 2 aromatic carbocycles. The lowest BCUT2D eigenvalue weighted by molar-refractivity contribution is -0.137. The van der Waals surface area contributed by atoms with Crippen LogP contribution in [0.25, 0.3) is 0 Å². The highest BCUT2D eigenvalue weighted by Gasteiger charge is 2.49. The Kier molecular flexibility index (Phi) is 6.95. The molecule has 0 aliphatic carbocycles. The number of methoxy groups -OCH3 is 2.